The monoisotopic (exact) mass is 466 g/mol. The van der Waals surface area contributed by atoms with Crippen LogP contribution in [0.5, 0.6) is 0 Å². The van der Waals surface area contributed by atoms with Gasteiger partial charge in [-0.1, -0.05) is 84.5 Å². The lowest BCUT2D eigenvalue weighted by molar-refractivity contribution is -0.161. The Morgan fingerprint density at radius 3 is 1.65 bits per heavy atom. The van der Waals surface area contributed by atoms with Crippen LogP contribution in [-0.2, 0) is 28.2 Å². The van der Waals surface area contributed by atoms with Crippen molar-refractivity contribution in [3.63, 3.8) is 0 Å². The zero-order valence-corrected chi connectivity index (χ0v) is 20.3. The lowest BCUT2D eigenvalue weighted by Gasteiger charge is -2.18. The van der Waals surface area contributed by atoms with E-state index < -0.39 is 32.5 Å². The second-order valence-corrected chi connectivity index (χ2v) is 9.21. The lowest BCUT2D eigenvalue weighted by atomic mass is 10.1. The van der Waals surface area contributed by atoms with Gasteiger partial charge in [-0.05, 0) is 12.8 Å². The minimum atomic E-state index is -4.71. The zero-order chi connectivity index (χ0) is 23.4. The van der Waals surface area contributed by atoms with E-state index in [0.29, 0.717) is 6.42 Å². The average Bonchev–Trinajstić information content (AvgIpc) is 2.71. The summed E-state index contributed by atoms with van der Waals surface area (Å²) in [5, 5.41) is 0. The van der Waals surface area contributed by atoms with Gasteiger partial charge in [0, 0.05) is 12.8 Å². The molecule has 8 nitrogen and oxygen atoms in total. The summed E-state index contributed by atoms with van der Waals surface area (Å²) in [6.07, 6.45) is 13.2. The first kappa shape index (κ1) is 30.0. The largest absolute Gasteiger partial charge is 0.469 e. The van der Waals surface area contributed by atoms with E-state index in [-0.39, 0.29) is 19.4 Å². The Morgan fingerprint density at radius 1 is 0.710 bits per heavy atom. The molecule has 1 atom stereocenters. The molecule has 0 heterocycles. The van der Waals surface area contributed by atoms with Crippen LogP contribution < -0.4 is 0 Å². The van der Waals surface area contributed by atoms with E-state index >= 15 is 0 Å². The normalized spacial score (nSPS) is 12.5. The number of ether oxygens (including phenoxy) is 2. The van der Waals surface area contributed by atoms with Gasteiger partial charge >= 0.3 is 19.8 Å². The fourth-order valence-electron chi connectivity index (χ4n) is 3.08. The standard InChI is InChI=1S/C22H43O8P/c1-3-5-7-9-10-11-13-15-17-22(24)30-20(19-29-31(25,26)27)18-28-21(23)16-14-12-8-6-4-2/h20H,3-19H2,1-2H3,(H2,25,26,27)/t20-/m0/s1. The van der Waals surface area contributed by atoms with Crippen molar-refractivity contribution in [3.8, 4) is 0 Å². The fraction of sp³-hybridized carbons (Fsp3) is 0.909. The first-order valence-corrected chi connectivity index (χ1v) is 13.4. The SMILES string of the molecule is CCCCCCCCCCC(=O)O[C@@H](COC(=O)CCCCCCC)COP(=O)(O)O. The van der Waals surface area contributed by atoms with Gasteiger partial charge < -0.3 is 19.3 Å². The summed E-state index contributed by atoms with van der Waals surface area (Å²) in [6.45, 7) is 3.48. The Morgan fingerprint density at radius 2 is 1.16 bits per heavy atom. The summed E-state index contributed by atoms with van der Waals surface area (Å²) in [5.41, 5.74) is 0. The van der Waals surface area contributed by atoms with Crippen LogP contribution >= 0.6 is 7.82 Å². The maximum absolute atomic E-state index is 12.1. The predicted molar refractivity (Wildman–Crippen MR) is 119 cm³/mol. The van der Waals surface area contributed by atoms with E-state index in [0.717, 1.165) is 51.4 Å². The molecule has 0 unspecified atom stereocenters. The zero-order valence-electron chi connectivity index (χ0n) is 19.4. The van der Waals surface area contributed by atoms with Crippen molar-refractivity contribution in [2.24, 2.45) is 0 Å². The number of esters is 2. The summed E-state index contributed by atoms with van der Waals surface area (Å²) in [5.74, 6) is -0.905. The quantitative estimate of drug-likeness (QED) is 0.130. The topological polar surface area (TPSA) is 119 Å². The molecule has 0 radical (unpaired) electrons. The van der Waals surface area contributed by atoms with Gasteiger partial charge in [-0.3, -0.25) is 14.1 Å². The Kier molecular flexibility index (Phi) is 19.1. The summed E-state index contributed by atoms with van der Waals surface area (Å²) < 4.78 is 25.7. The van der Waals surface area contributed by atoms with Crippen LogP contribution in [0, 0.1) is 0 Å². The molecule has 0 bridgehead atoms. The highest BCUT2D eigenvalue weighted by Gasteiger charge is 2.22. The first-order chi connectivity index (χ1) is 14.8. The highest BCUT2D eigenvalue weighted by atomic mass is 31.2. The third-order valence-electron chi connectivity index (χ3n) is 4.88. The summed E-state index contributed by atoms with van der Waals surface area (Å²) >= 11 is 0. The summed E-state index contributed by atoms with van der Waals surface area (Å²) in [4.78, 5) is 41.7. The number of carbonyl (C=O) groups excluding carboxylic acids is 2. The van der Waals surface area contributed by atoms with E-state index in [4.69, 9.17) is 19.3 Å². The molecule has 184 valence electrons. The molecule has 0 amide bonds. The molecule has 0 fully saturated rings. The van der Waals surface area contributed by atoms with Crippen molar-refractivity contribution >= 4 is 19.8 Å². The van der Waals surface area contributed by atoms with Gasteiger partial charge in [0.25, 0.3) is 0 Å². The molecular formula is C22H43O8P. The molecule has 0 saturated carbocycles. The molecule has 0 aromatic carbocycles. The van der Waals surface area contributed by atoms with Crippen molar-refractivity contribution in [2.75, 3.05) is 13.2 Å². The fourth-order valence-corrected chi connectivity index (χ4v) is 3.44. The average molecular weight is 467 g/mol. The molecule has 0 aliphatic heterocycles. The van der Waals surface area contributed by atoms with E-state index in [1.54, 1.807) is 0 Å². The number of phosphoric acid groups is 1. The van der Waals surface area contributed by atoms with Gasteiger partial charge in [-0.2, -0.15) is 0 Å². The van der Waals surface area contributed by atoms with Crippen molar-refractivity contribution in [2.45, 2.75) is 116 Å². The molecule has 2 N–H and O–H groups in total. The van der Waals surface area contributed by atoms with Gasteiger partial charge in [0.15, 0.2) is 6.10 Å². The first-order valence-electron chi connectivity index (χ1n) is 11.8. The van der Waals surface area contributed by atoms with Gasteiger partial charge in [0.05, 0.1) is 6.61 Å². The van der Waals surface area contributed by atoms with Gasteiger partial charge in [0.1, 0.15) is 6.61 Å². The summed E-state index contributed by atoms with van der Waals surface area (Å²) in [7, 11) is -4.71. The number of phosphoric ester groups is 1. The van der Waals surface area contributed by atoms with Crippen LogP contribution in [0.4, 0.5) is 0 Å². The van der Waals surface area contributed by atoms with Crippen LogP contribution in [0.2, 0.25) is 0 Å². The smallest absolute Gasteiger partial charge is 0.462 e. The van der Waals surface area contributed by atoms with Crippen LogP contribution in [-0.4, -0.2) is 41.0 Å². The van der Waals surface area contributed by atoms with Crippen molar-refractivity contribution in [3.05, 3.63) is 0 Å². The molecule has 0 aliphatic carbocycles. The predicted octanol–water partition coefficient (Wildman–Crippen LogP) is 5.44. The van der Waals surface area contributed by atoms with E-state index in [9.17, 15) is 14.2 Å². The maximum atomic E-state index is 12.1. The van der Waals surface area contributed by atoms with Crippen molar-refractivity contribution in [1.29, 1.82) is 0 Å². The maximum Gasteiger partial charge on any atom is 0.469 e. The van der Waals surface area contributed by atoms with Gasteiger partial charge in [-0.25, -0.2) is 4.57 Å². The van der Waals surface area contributed by atoms with E-state index in [1.807, 2.05) is 0 Å². The Bertz CT molecular complexity index is 506. The second-order valence-electron chi connectivity index (χ2n) is 7.97. The molecule has 9 heteroatoms. The van der Waals surface area contributed by atoms with Crippen LogP contribution in [0.15, 0.2) is 0 Å². The van der Waals surface area contributed by atoms with E-state index in [1.165, 1.54) is 25.7 Å². The molecular weight excluding hydrogens is 423 g/mol. The third kappa shape index (κ3) is 22.0. The van der Waals surface area contributed by atoms with Gasteiger partial charge in [0.2, 0.25) is 0 Å². The van der Waals surface area contributed by atoms with E-state index in [2.05, 4.69) is 18.4 Å². The number of rotatable bonds is 21. The number of carbonyl (C=O) groups is 2. The van der Waals surface area contributed by atoms with Crippen molar-refractivity contribution < 1.29 is 37.9 Å². The second kappa shape index (κ2) is 19.7. The highest BCUT2D eigenvalue weighted by Crippen LogP contribution is 2.35. The number of hydrogen-bond acceptors (Lipinski definition) is 6. The third-order valence-corrected chi connectivity index (χ3v) is 5.36. The van der Waals surface area contributed by atoms with Crippen LogP contribution in [0.1, 0.15) is 110 Å². The van der Waals surface area contributed by atoms with Crippen molar-refractivity contribution in [1.82, 2.24) is 0 Å². The molecule has 0 spiro atoms. The Balaban J connectivity index is 4.18. The van der Waals surface area contributed by atoms with Crippen LogP contribution in [0.25, 0.3) is 0 Å². The molecule has 0 aromatic rings. The summed E-state index contributed by atoms with van der Waals surface area (Å²) in [6, 6.07) is 0. The lowest BCUT2D eigenvalue weighted by Crippen LogP contribution is -2.29. The van der Waals surface area contributed by atoms with Gasteiger partial charge in [-0.15, -0.1) is 0 Å². The Hall–Kier alpha value is -0.950. The minimum absolute atomic E-state index is 0.215. The molecule has 31 heavy (non-hydrogen) atoms. The number of hydrogen-bond donors (Lipinski definition) is 2. The molecule has 0 aliphatic rings. The Labute approximate surface area is 187 Å². The highest BCUT2D eigenvalue weighted by molar-refractivity contribution is 7.46. The molecule has 0 aromatic heterocycles. The molecule has 0 rings (SSSR count). The number of unbranched alkanes of at least 4 members (excludes halogenated alkanes) is 11. The minimum Gasteiger partial charge on any atom is -0.462 e. The molecule has 0 saturated heterocycles. The van der Waals surface area contributed by atoms with Crippen LogP contribution in [0.3, 0.4) is 0 Å².